The van der Waals surface area contributed by atoms with Crippen molar-refractivity contribution in [1.29, 1.82) is 31.6 Å². The minimum Gasteiger partial charge on any atom is -0.512 e. The van der Waals surface area contributed by atoms with Crippen molar-refractivity contribution in [3.8, 4) is 0 Å². The third-order valence-electron chi connectivity index (χ3n) is 0. The Morgan fingerprint density at radius 2 is 0.286 bits per heavy atom. The fraction of sp³-hybridized carbons (Fsp3) is 0. The maximum Gasteiger partial charge on any atom is 2.00 e. The molecule has 0 saturated heterocycles. The smallest absolute Gasteiger partial charge is 0.512 e. The van der Waals surface area contributed by atoms with Gasteiger partial charge in [0.1, 0.15) is 0 Å². The first-order valence-electron chi connectivity index (χ1n) is 1.34. The third-order valence-corrected chi connectivity index (χ3v) is 0. The zero-order chi connectivity index (χ0) is 12.0. The van der Waals surface area contributed by atoms with E-state index in [1.54, 1.807) is 0 Å². The van der Waals surface area contributed by atoms with Gasteiger partial charge in [0.2, 0.25) is 0 Å². The average molecular weight is 603 g/mol. The van der Waals surface area contributed by atoms with Crippen LogP contribution in [0.25, 0.3) is 0 Å². The van der Waals surface area contributed by atoms with Crippen molar-refractivity contribution in [3.63, 3.8) is 0 Å². The molecule has 106 valence electrons. The summed E-state index contributed by atoms with van der Waals surface area (Å²) in [5.74, 6) is 0. The number of hydrogen-bond donors (Lipinski definition) is 0. The van der Waals surface area contributed by atoms with E-state index in [4.69, 9.17) is 71.0 Å². The Hall–Kier alpha value is 5.98. The fourth-order valence-corrected chi connectivity index (χ4v) is 0. The maximum atomic E-state index is 6.25. The van der Waals surface area contributed by atoms with Crippen molar-refractivity contribution >= 4 is 0 Å². The van der Waals surface area contributed by atoms with Gasteiger partial charge in [0.05, 0.1) is 0 Å². The molecule has 0 fully saturated rings. The predicted octanol–water partition coefficient (Wildman–Crippen LogP) is -11.4. The van der Waals surface area contributed by atoms with Gasteiger partial charge < -0.3 is 71.0 Å². The molecule has 0 spiro atoms. The summed E-state index contributed by atoms with van der Waals surface area (Å²) in [6.45, 7) is 28.5. The Balaban J connectivity index is -0.00000000146. The van der Waals surface area contributed by atoms with Crippen LogP contribution in [0, 0.1) is 71.0 Å². The van der Waals surface area contributed by atoms with Crippen molar-refractivity contribution in [2.45, 2.75) is 0 Å². The second-order valence-electron chi connectivity index (χ2n) is 0. The predicted molar refractivity (Wildman–Crippen MR) is 29.8 cm³/mol. The topological polar surface area (TPSA) is 143 Å². The number of hydrogen-bond acceptors (Lipinski definition) is 6. The summed E-state index contributed by atoms with van der Waals surface area (Å²) in [4.78, 5) is 0. The SMILES string of the molecule is [C-]#N.[C-]#N.[C-]#N.[C-]#N.[C-]#N.[C-]#N.[Fe+2].[K+].[K+].[K+].[K+].[Ni].[Ni].[Ni].[Ni]. The minimum absolute atomic E-state index is 0. The Kier molecular flexibility index (Phi) is 2740. The molecule has 0 aromatic heterocycles. The summed E-state index contributed by atoms with van der Waals surface area (Å²) in [5.41, 5.74) is 0. The molecule has 0 rings (SSSR count). The van der Waals surface area contributed by atoms with Gasteiger partial charge in [-0.2, -0.15) is 0 Å². The third kappa shape index (κ3) is 418. The summed E-state index contributed by atoms with van der Waals surface area (Å²) >= 11 is 0. The monoisotopic (exact) mass is 600 g/mol. The number of nitrogens with zero attached hydrogens (tertiary/aromatic N) is 6. The van der Waals surface area contributed by atoms with Crippen molar-refractivity contribution < 1.29 is 289 Å². The molecule has 15 heteroatoms. The van der Waals surface area contributed by atoms with E-state index in [-0.39, 0.29) is 289 Å². The van der Waals surface area contributed by atoms with Crippen LogP contribution >= 0.6 is 0 Å². The summed E-state index contributed by atoms with van der Waals surface area (Å²) in [7, 11) is 0. The summed E-state index contributed by atoms with van der Waals surface area (Å²) in [5, 5.41) is 37.5. The van der Waals surface area contributed by atoms with Gasteiger partial charge in [-0.25, -0.2) is 0 Å². The molecular weight excluding hydrogens is 603 g/mol. The first-order valence-corrected chi connectivity index (χ1v) is 1.34. The molecule has 0 heterocycles. The molecule has 0 saturated carbocycles. The second kappa shape index (κ2) is 453. The molecule has 21 heavy (non-hydrogen) atoms. The molecule has 0 bridgehead atoms. The van der Waals surface area contributed by atoms with Gasteiger partial charge in [-0.1, -0.05) is 0 Å². The molecule has 0 aromatic carbocycles. The molecule has 0 N–H and O–H groups in total. The van der Waals surface area contributed by atoms with Gasteiger partial charge in [0.25, 0.3) is 0 Å². The molecule has 0 unspecified atom stereocenters. The largest absolute Gasteiger partial charge is 2.00 e. The standard InChI is InChI=1S/6CN.Fe.4K.4Ni/c6*1-2;;;;;;;;;/q6*-1;+2;4*+1;;;;. The molecule has 0 amide bonds. The van der Waals surface area contributed by atoms with Crippen LogP contribution in [0.2, 0.25) is 0 Å². The van der Waals surface area contributed by atoms with Crippen LogP contribution in [0.1, 0.15) is 0 Å². The van der Waals surface area contributed by atoms with E-state index in [9.17, 15) is 0 Å². The molecule has 0 aliphatic heterocycles. The Bertz CT molecular complexity index is 120. The van der Waals surface area contributed by atoms with Crippen LogP contribution in [0.15, 0.2) is 0 Å². The van der Waals surface area contributed by atoms with Crippen LogP contribution in [-0.2, 0) is 83.0 Å². The van der Waals surface area contributed by atoms with E-state index >= 15 is 0 Å². The Morgan fingerprint density at radius 3 is 0.286 bits per heavy atom. The van der Waals surface area contributed by atoms with E-state index in [0.29, 0.717) is 0 Å². The van der Waals surface area contributed by atoms with Crippen LogP contribution in [0.4, 0.5) is 0 Å². The normalized spacial score (nSPS) is 0.571. The van der Waals surface area contributed by atoms with Gasteiger partial charge in [0.15, 0.2) is 0 Å². The molecule has 0 atom stereocenters. The first-order chi connectivity index (χ1) is 6.00. The summed E-state index contributed by atoms with van der Waals surface area (Å²) in [6.07, 6.45) is 0. The van der Waals surface area contributed by atoms with Crippen molar-refractivity contribution in [2.24, 2.45) is 0 Å². The molecule has 0 aliphatic rings. The molecule has 0 aliphatic carbocycles. The van der Waals surface area contributed by atoms with Crippen LogP contribution < -0.4 is 206 Å². The quantitative estimate of drug-likeness (QED) is 0.199. The fourth-order valence-electron chi connectivity index (χ4n) is 0. The van der Waals surface area contributed by atoms with E-state index in [1.165, 1.54) is 0 Å². The van der Waals surface area contributed by atoms with Crippen LogP contribution in [-0.4, -0.2) is 0 Å². The van der Waals surface area contributed by atoms with E-state index in [2.05, 4.69) is 0 Å². The zero-order valence-electron chi connectivity index (χ0n) is 11.3. The van der Waals surface area contributed by atoms with Gasteiger partial charge in [-0.3, -0.25) is 0 Å². The van der Waals surface area contributed by atoms with Gasteiger partial charge in [0, 0.05) is 66.0 Å². The molecule has 0 aromatic rings. The molecule has 0 radical (unpaired) electrons. The number of rotatable bonds is 0. The van der Waals surface area contributed by atoms with Crippen LogP contribution in [0.5, 0.6) is 0 Å². The van der Waals surface area contributed by atoms with Crippen molar-refractivity contribution in [1.82, 2.24) is 0 Å². The van der Waals surface area contributed by atoms with Crippen molar-refractivity contribution in [2.75, 3.05) is 0 Å². The Labute approximate surface area is 348 Å². The van der Waals surface area contributed by atoms with E-state index < -0.39 is 0 Å². The molecular formula is C6FeK4N6Ni4. The average Bonchev–Trinajstić information content (AvgIpc) is 2.33. The Morgan fingerprint density at radius 1 is 0.286 bits per heavy atom. The van der Waals surface area contributed by atoms with Gasteiger partial charge in [-0.05, 0) is 0 Å². The molecule has 6 nitrogen and oxygen atoms in total. The second-order valence-corrected chi connectivity index (χ2v) is 0. The zero-order valence-corrected chi connectivity index (χ0v) is 28.8. The maximum absolute atomic E-state index is 6.25. The van der Waals surface area contributed by atoms with Crippen molar-refractivity contribution in [3.05, 3.63) is 39.4 Å². The van der Waals surface area contributed by atoms with Gasteiger partial charge in [-0.15, -0.1) is 0 Å². The first kappa shape index (κ1) is 127. The van der Waals surface area contributed by atoms with Crippen LogP contribution in [0.3, 0.4) is 0 Å². The minimum atomic E-state index is 0. The summed E-state index contributed by atoms with van der Waals surface area (Å²) in [6, 6.07) is 0. The van der Waals surface area contributed by atoms with E-state index in [1.807, 2.05) is 0 Å². The summed E-state index contributed by atoms with van der Waals surface area (Å²) < 4.78 is 0. The van der Waals surface area contributed by atoms with E-state index in [0.717, 1.165) is 0 Å². The van der Waals surface area contributed by atoms with Gasteiger partial charge >= 0.3 is 223 Å².